The SMILES string of the molecule is CCOC(=O)c1oc2ccc(S(=O)(=O)N3CCC(N)C3)cc2c1C. The van der Waals surface area contributed by atoms with Gasteiger partial charge in [0.05, 0.1) is 11.5 Å². The van der Waals surface area contributed by atoms with Gasteiger partial charge in [-0.25, -0.2) is 13.2 Å². The Morgan fingerprint density at radius 2 is 2.21 bits per heavy atom. The van der Waals surface area contributed by atoms with Crippen molar-refractivity contribution < 1.29 is 22.4 Å². The average Bonchev–Trinajstić information content (AvgIpc) is 3.12. The van der Waals surface area contributed by atoms with E-state index in [1.165, 1.54) is 16.4 Å². The van der Waals surface area contributed by atoms with Gasteiger partial charge in [-0.3, -0.25) is 0 Å². The zero-order valence-electron chi connectivity index (χ0n) is 13.6. The number of esters is 1. The number of aryl methyl sites for hydroxylation is 1. The van der Waals surface area contributed by atoms with Crippen LogP contribution in [0.1, 0.15) is 29.5 Å². The van der Waals surface area contributed by atoms with Gasteiger partial charge in [0.2, 0.25) is 15.8 Å². The number of furan rings is 1. The van der Waals surface area contributed by atoms with E-state index in [-0.39, 0.29) is 23.3 Å². The van der Waals surface area contributed by atoms with Gasteiger partial charge >= 0.3 is 5.97 Å². The summed E-state index contributed by atoms with van der Waals surface area (Å²) >= 11 is 0. The lowest BCUT2D eigenvalue weighted by atomic mass is 10.1. The van der Waals surface area contributed by atoms with Crippen LogP contribution in [0.25, 0.3) is 11.0 Å². The van der Waals surface area contributed by atoms with Crippen LogP contribution in [0.2, 0.25) is 0 Å². The topological polar surface area (TPSA) is 103 Å². The number of carbonyl (C=O) groups is 1. The predicted octanol–water partition coefficient (Wildman–Crippen LogP) is 1.64. The molecule has 1 aliphatic heterocycles. The van der Waals surface area contributed by atoms with E-state index in [0.29, 0.717) is 36.0 Å². The van der Waals surface area contributed by atoms with Crippen molar-refractivity contribution >= 4 is 27.0 Å². The Balaban J connectivity index is 2.02. The monoisotopic (exact) mass is 352 g/mol. The molecule has 2 aromatic rings. The summed E-state index contributed by atoms with van der Waals surface area (Å²) in [5, 5.41) is 0.586. The summed E-state index contributed by atoms with van der Waals surface area (Å²) in [6.07, 6.45) is 0.652. The number of hydrogen-bond acceptors (Lipinski definition) is 6. The quantitative estimate of drug-likeness (QED) is 0.839. The van der Waals surface area contributed by atoms with Crippen LogP contribution in [0.15, 0.2) is 27.5 Å². The molecule has 2 heterocycles. The van der Waals surface area contributed by atoms with Gasteiger partial charge in [-0.1, -0.05) is 0 Å². The minimum absolute atomic E-state index is 0.101. The van der Waals surface area contributed by atoms with E-state index < -0.39 is 16.0 Å². The van der Waals surface area contributed by atoms with Crippen LogP contribution in [0.3, 0.4) is 0 Å². The van der Waals surface area contributed by atoms with E-state index in [2.05, 4.69) is 0 Å². The summed E-state index contributed by atoms with van der Waals surface area (Å²) in [5.41, 5.74) is 6.83. The molecule has 8 heteroatoms. The van der Waals surface area contributed by atoms with Crippen molar-refractivity contribution in [3.8, 4) is 0 Å². The fraction of sp³-hybridized carbons (Fsp3) is 0.438. The van der Waals surface area contributed by atoms with Crippen molar-refractivity contribution in [2.24, 2.45) is 5.73 Å². The molecular weight excluding hydrogens is 332 g/mol. The van der Waals surface area contributed by atoms with Gasteiger partial charge in [0.1, 0.15) is 5.58 Å². The highest BCUT2D eigenvalue weighted by molar-refractivity contribution is 7.89. The normalized spacial score (nSPS) is 19.0. The Bertz CT molecular complexity index is 887. The molecule has 1 saturated heterocycles. The minimum atomic E-state index is -3.61. The third kappa shape index (κ3) is 2.81. The number of ether oxygens (including phenoxy) is 1. The van der Waals surface area contributed by atoms with E-state index in [1.807, 2.05) is 0 Å². The van der Waals surface area contributed by atoms with Gasteiger partial charge in [0.25, 0.3) is 0 Å². The lowest BCUT2D eigenvalue weighted by Crippen LogP contribution is -2.31. The average molecular weight is 352 g/mol. The first-order valence-electron chi connectivity index (χ1n) is 7.80. The molecule has 130 valence electrons. The molecule has 0 radical (unpaired) electrons. The fourth-order valence-electron chi connectivity index (χ4n) is 2.87. The third-order valence-electron chi connectivity index (χ3n) is 4.19. The van der Waals surface area contributed by atoms with Gasteiger partial charge in [0.15, 0.2) is 0 Å². The second-order valence-corrected chi connectivity index (χ2v) is 7.78. The van der Waals surface area contributed by atoms with E-state index in [4.69, 9.17) is 14.9 Å². The first kappa shape index (κ1) is 16.9. The summed E-state index contributed by atoms with van der Waals surface area (Å²) in [5.74, 6) is -0.453. The second kappa shape index (κ2) is 6.19. The number of nitrogens with zero attached hydrogens (tertiary/aromatic N) is 1. The molecule has 0 bridgehead atoms. The largest absolute Gasteiger partial charge is 0.460 e. The standard InChI is InChI=1S/C16H20N2O5S/c1-3-22-16(19)15-10(2)13-8-12(4-5-14(13)23-15)24(20,21)18-7-6-11(17)9-18/h4-5,8,11H,3,6-7,9,17H2,1-2H3. The smallest absolute Gasteiger partial charge is 0.374 e. The first-order valence-corrected chi connectivity index (χ1v) is 9.24. The van der Waals surface area contributed by atoms with Crippen LogP contribution in [0, 0.1) is 6.92 Å². The van der Waals surface area contributed by atoms with Crippen molar-refractivity contribution in [2.45, 2.75) is 31.2 Å². The number of hydrogen-bond donors (Lipinski definition) is 1. The molecule has 0 spiro atoms. The highest BCUT2D eigenvalue weighted by atomic mass is 32.2. The maximum atomic E-state index is 12.7. The highest BCUT2D eigenvalue weighted by Gasteiger charge is 2.31. The van der Waals surface area contributed by atoms with E-state index in [1.54, 1.807) is 19.9 Å². The molecule has 2 N–H and O–H groups in total. The number of sulfonamides is 1. The van der Waals surface area contributed by atoms with Crippen LogP contribution in [-0.4, -0.2) is 44.4 Å². The Kier molecular flexibility index (Phi) is 4.37. The van der Waals surface area contributed by atoms with E-state index in [9.17, 15) is 13.2 Å². The van der Waals surface area contributed by atoms with Crippen LogP contribution in [0.5, 0.6) is 0 Å². The van der Waals surface area contributed by atoms with Crippen LogP contribution < -0.4 is 5.73 Å². The van der Waals surface area contributed by atoms with Crippen molar-refractivity contribution in [3.63, 3.8) is 0 Å². The van der Waals surface area contributed by atoms with Crippen LogP contribution >= 0.6 is 0 Å². The summed E-state index contributed by atoms with van der Waals surface area (Å²) in [6.45, 7) is 4.39. The summed E-state index contributed by atoms with van der Waals surface area (Å²) < 4.78 is 37.3. The molecule has 3 rings (SSSR count). The van der Waals surface area contributed by atoms with E-state index >= 15 is 0 Å². The molecule has 1 aliphatic rings. The molecular formula is C16H20N2O5S. The molecule has 1 fully saturated rings. The molecule has 1 aromatic heterocycles. The predicted molar refractivity (Wildman–Crippen MR) is 88.3 cm³/mol. The van der Waals surface area contributed by atoms with E-state index in [0.717, 1.165) is 0 Å². The number of fused-ring (bicyclic) bond motifs is 1. The van der Waals surface area contributed by atoms with Crippen molar-refractivity contribution in [1.29, 1.82) is 0 Å². The van der Waals surface area contributed by atoms with Crippen molar-refractivity contribution in [1.82, 2.24) is 4.31 Å². The highest BCUT2D eigenvalue weighted by Crippen LogP contribution is 2.30. The lowest BCUT2D eigenvalue weighted by molar-refractivity contribution is 0.0491. The molecule has 1 unspecified atom stereocenters. The van der Waals surface area contributed by atoms with Gasteiger partial charge in [-0.05, 0) is 38.5 Å². The second-order valence-electron chi connectivity index (χ2n) is 5.85. The van der Waals surface area contributed by atoms with Gasteiger partial charge < -0.3 is 14.9 Å². The lowest BCUT2D eigenvalue weighted by Gasteiger charge is -2.15. The Morgan fingerprint density at radius 1 is 1.46 bits per heavy atom. The fourth-order valence-corrected chi connectivity index (χ4v) is 4.41. The van der Waals surface area contributed by atoms with Crippen molar-refractivity contribution in [3.05, 3.63) is 29.5 Å². The number of benzene rings is 1. The summed E-state index contributed by atoms with van der Waals surface area (Å²) in [7, 11) is -3.61. The number of nitrogens with two attached hydrogens (primary N) is 1. The molecule has 0 amide bonds. The maximum absolute atomic E-state index is 12.7. The maximum Gasteiger partial charge on any atom is 0.374 e. The van der Waals surface area contributed by atoms with Gasteiger partial charge in [-0.2, -0.15) is 4.31 Å². The van der Waals surface area contributed by atoms with Crippen LogP contribution in [0.4, 0.5) is 0 Å². The third-order valence-corrected chi connectivity index (χ3v) is 6.05. The molecule has 0 aliphatic carbocycles. The number of carbonyl (C=O) groups excluding carboxylic acids is 1. The summed E-state index contributed by atoms with van der Waals surface area (Å²) in [6, 6.07) is 4.46. The zero-order chi connectivity index (χ0) is 17.5. The van der Waals surface area contributed by atoms with Gasteiger partial charge in [-0.15, -0.1) is 0 Å². The van der Waals surface area contributed by atoms with Gasteiger partial charge in [0, 0.05) is 30.1 Å². The molecule has 1 atom stereocenters. The Morgan fingerprint density at radius 3 is 2.83 bits per heavy atom. The molecule has 0 saturated carbocycles. The minimum Gasteiger partial charge on any atom is -0.460 e. The Labute approximate surface area is 140 Å². The van der Waals surface area contributed by atoms with Crippen molar-refractivity contribution in [2.75, 3.05) is 19.7 Å². The molecule has 7 nitrogen and oxygen atoms in total. The summed E-state index contributed by atoms with van der Waals surface area (Å²) in [4.78, 5) is 12.1. The zero-order valence-corrected chi connectivity index (χ0v) is 14.4. The Hall–Kier alpha value is -1.90. The number of rotatable bonds is 4. The molecule has 1 aromatic carbocycles. The molecule has 24 heavy (non-hydrogen) atoms. The van der Waals surface area contributed by atoms with Crippen LogP contribution in [-0.2, 0) is 14.8 Å². The first-order chi connectivity index (χ1) is 11.3.